The number of imidazole rings is 1. The van der Waals surface area contributed by atoms with Gasteiger partial charge in [-0.2, -0.15) is 9.97 Å². The molecule has 2 heterocycles. The first-order valence-electron chi connectivity index (χ1n) is 12.1. The Bertz CT molecular complexity index is 1400. The van der Waals surface area contributed by atoms with E-state index in [9.17, 15) is 9.59 Å². The fourth-order valence-corrected chi connectivity index (χ4v) is 5.20. The van der Waals surface area contributed by atoms with E-state index in [2.05, 4.69) is 20.3 Å². The van der Waals surface area contributed by atoms with Gasteiger partial charge in [0.15, 0.2) is 10.8 Å². The van der Waals surface area contributed by atoms with E-state index in [1.54, 1.807) is 10.9 Å². The third-order valence-electron chi connectivity index (χ3n) is 6.80. The molecule has 5 rings (SSSR count). The molecule has 0 bridgehead atoms. The van der Waals surface area contributed by atoms with Crippen LogP contribution in [0.15, 0.2) is 67.0 Å². The molecule has 1 aliphatic rings. The number of carbonyl (C=O) groups excluding carboxylic acids is 1. The van der Waals surface area contributed by atoms with Crippen LogP contribution in [0.3, 0.4) is 0 Å². The lowest BCUT2D eigenvalue weighted by molar-refractivity contribution is -0.136. The van der Waals surface area contributed by atoms with Crippen molar-refractivity contribution >= 4 is 41.1 Å². The molecule has 4 aromatic rings. The van der Waals surface area contributed by atoms with Gasteiger partial charge >= 0.3 is 6.09 Å². The van der Waals surface area contributed by atoms with Gasteiger partial charge < -0.3 is 23.9 Å². The Balaban J connectivity index is 1.39. The summed E-state index contributed by atoms with van der Waals surface area (Å²) in [5.74, 6) is -0.744. The molecule has 2 N–H and O–H groups in total. The third kappa shape index (κ3) is 5.52. The quantitative estimate of drug-likeness (QED) is 0.210. The number of rotatable bonds is 11. The first kappa shape index (κ1) is 25.8. The number of carbonyl (C=O) groups is 2. The topological polar surface area (TPSA) is 128 Å². The lowest BCUT2D eigenvalue weighted by Gasteiger charge is -2.50. The maximum absolute atomic E-state index is 12.3. The number of halogens is 1. The van der Waals surface area contributed by atoms with Crippen LogP contribution >= 0.6 is 11.6 Å². The summed E-state index contributed by atoms with van der Waals surface area (Å²) in [5, 5.41) is 11.2. The summed E-state index contributed by atoms with van der Waals surface area (Å²) in [5.41, 5.74) is 2.75. The number of carboxylic acid groups (broad SMARTS) is 1. The molecule has 4 unspecified atom stereocenters. The Morgan fingerprint density at radius 1 is 0.974 bits per heavy atom. The Morgan fingerprint density at radius 2 is 1.58 bits per heavy atom. The molecular weight excluding hydrogens is 510 g/mol. The van der Waals surface area contributed by atoms with Crippen molar-refractivity contribution in [2.24, 2.45) is 17.8 Å². The third-order valence-corrected chi connectivity index (χ3v) is 7.06. The number of hydrogen-bond acceptors (Lipinski definition) is 7. The first-order chi connectivity index (χ1) is 18.5. The zero-order chi connectivity index (χ0) is 26.5. The summed E-state index contributed by atoms with van der Waals surface area (Å²) in [7, 11) is 0. The average molecular weight is 536 g/mol. The minimum absolute atomic E-state index is 0.0131. The van der Waals surface area contributed by atoms with E-state index in [1.165, 1.54) is 0 Å². The summed E-state index contributed by atoms with van der Waals surface area (Å²) in [4.78, 5) is 36.1. The molecule has 2 aromatic carbocycles. The van der Waals surface area contributed by atoms with Gasteiger partial charge in [-0.05, 0) is 11.1 Å². The van der Waals surface area contributed by atoms with Gasteiger partial charge in [-0.25, -0.2) is 9.78 Å². The van der Waals surface area contributed by atoms with Gasteiger partial charge in [0, 0.05) is 17.8 Å². The van der Waals surface area contributed by atoms with Gasteiger partial charge in [-0.15, -0.1) is 0 Å². The highest BCUT2D eigenvalue weighted by Gasteiger charge is 2.52. The van der Waals surface area contributed by atoms with Crippen molar-refractivity contribution in [2.45, 2.75) is 19.3 Å². The van der Waals surface area contributed by atoms with E-state index < -0.39 is 12.0 Å². The standard InChI is InChI=1S/C27H26ClN5O5/c28-24-22-25(31-26(30-24)32-27(35)36)33(16-29-22)23-19(11-34)20(14-37-12-17-7-3-1-4-8-17)21(23)15-38-13-18-9-5-2-6-10-18/h1-11,16,19-21,23H,12-15H2,(H,35,36)(H,30,31,32). The number of ether oxygens (including phenoxy) is 2. The number of benzene rings is 2. The van der Waals surface area contributed by atoms with Crippen molar-refractivity contribution in [3.63, 3.8) is 0 Å². The second-order valence-corrected chi connectivity index (χ2v) is 9.48. The highest BCUT2D eigenvalue weighted by molar-refractivity contribution is 6.33. The number of hydrogen-bond donors (Lipinski definition) is 2. The van der Waals surface area contributed by atoms with Gasteiger partial charge in [-0.1, -0.05) is 72.3 Å². The molecule has 0 aliphatic heterocycles. The number of aldehydes is 1. The first-order valence-corrected chi connectivity index (χ1v) is 12.5. The Hall–Kier alpha value is -3.86. The summed E-state index contributed by atoms with van der Waals surface area (Å²) in [6.07, 6.45) is 1.17. The van der Waals surface area contributed by atoms with E-state index >= 15 is 0 Å². The van der Waals surface area contributed by atoms with E-state index in [0.29, 0.717) is 37.6 Å². The van der Waals surface area contributed by atoms with Crippen LogP contribution in [0.4, 0.5) is 10.7 Å². The van der Waals surface area contributed by atoms with Crippen LogP contribution in [0.1, 0.15) is 17.2 Å². The van der Waals surface area contributed by atoms with Crippen molar-refractivity contribution in [3.05, 3.63) is 83.3 Å². The molecule has 38 heavy (non-hydrogen) atoms. The molecular formula is C27H26ClN5O5. The van der Waals surface area contributed by atoms with Crippen LogP contribution in [-0.4, -0.2) is 50.2 Å². The molecule has 0 saturated heterocycles. The van der Waals surface area contributed by atoms with Crippen molar-refractivity contribution in [3.8, 4) is 0 Å². The number of anilines is 1. The monoisotopic (exact) mass is 535 g/mol. The van der Waals surface area contributed by atoms with Gasteiger partial charge in [0.25, 0.3) is 0 Å². The summed E-state index contributed by atoms with van der Waals surface area (Å²) < 4.78 is 13.9. The van der Waals surface area contributed by atoms with E-state index in [0.717, 1.165) is 17.4 Å². The Kier molecular flexibility index (Phi) is 7.92. The van der Waals surface area contributed by atoms with Gasteiger partial charge in [0.05, 0.1) is 38.8 Å². The maximum atomic E-state index is 12.3. The minimum Gasteiger partial charge on any atom is -0.465 e. The highest BCUT2D eigenvalue weighted by Crippen LogP contribution is 2.50. The second-order valence-electron chi connectivity index (χ2n) is 9.13. The zero-order valence-electron chi connectivity index (χ0n) is 20.3. The summed E-state index contributed by atoms with van der Waals surface area (Å²) in [6, 6.07) is 19.4. The van der Waals surface area contributed by atoms with Crippen molar-refractivity contribution in [1.82, 2.24) is 19.5 Å². The minimum atomic E-state index is -1.32. The SMILES string of the molecule is O=CC1C(COCc2ccccc2)C(COCc2ccccc2)C1n1cnc2c(Cl)nc(NC(=O)O)nc21. The number of aromatic nitrogens is 4. The second kappa shape index (κ2) is 11.7. The number of nitrogens with zero attached hydrogens (tertiary/aromatic N) is 4. The van der Waals surface area contributed by atoms with Crippen molar-refractivity contribution < 1.29 is 24.2 Å². The summed E-state index contributed by atoms with van der Waals surface area (Å²) >= 11 is 6.26. The largest absolute Gasteiger partial charge is 0.465 e. The van der Waals surface area contributed by atoms with Crippen LogP contribution in [0.5, 0.6) is 0 Å². The highest BCUT2D eigenvalue weighted by atomic mass is 35.5. The van der Waals surface area contributed by atoms with Gasteiger partial charge in [-0.3, -0.25) is 5.32 Å². The van der Waals surface area contributed by atoms with Crippen LogP contribution < -0.4 is 5.32 Å². The van der Waals surface area contributed by atoms with Crippen LogP contribution in [0.25, 0.3) is 11.2 Å². The normalized spacial score (nSPS) is 20.7. The summed E-state index contributed by atoms with van der Waals surface area (Å²) in [6.45, 7) is 1.62. The number of fused-ring (bicyclic) bond motifs is 1. The zero-order valence-corrected chi connectivity index (χ0v) is 21.1. The number of amides is 1. The molecule has 4 atom stereocenters. The molecule has 1 aliphatic carbocycles. The smallest absolute Gasteiger partial charge is 0.411 e. The van der Waals surface area contributed by atoms with Gasteiger partial charge in [0.2, 0.25) is 5.95 Å². The van der Waals surface area contributed by atoms with Crippen LogP contribution in [-0.2, 0) is 27.5 Å². The molecule has 2 aromatic heterocycles. The van der Waals surface area contributed by atoms with E-state index in [4.69, 9.17) is 26.2 Å². The lowest BCUT2D eigenvalue weighted by atomic mass is 9.61. The molecule has 10 nitrogen and oxygen atoms in total. The number of nitrogens with one attached hydrogen (secondary N) is 1. The molecule has 196 valence electrons. The average Bonchev–Trinajstić information content (AvgIpc) is 3.32. The Labute approximate surface area is 223 Å². The van der Waals surface area contributed by atoms with Gasteiger partial charge in [0.1, 0.15) is 11.8 Å². The van der Waals surface area contributed by atoms with E-state index in [-0.39, 0.29) is 29.0 Å². The lowest BCUT2D eigenvalue weighted by Crippen LogP contribution is -2.52. The van der Waals surface area contributed by atoms with E-state index in [1.807, 2.05) is 60.7 Å². The predicted octanol–water partition coefficient (Wildman–Crippen LogP) is 4.61. The predicted molar refractivity (Wildman–Crippen MR) is 140 cm³/mol. The molecule has 1 saturated carbocycles. The fourth-order valence-electron chi connectivity index (χ4n) is 4.99. The fraction of sp³-hybridized carbons (Fsp3) is 0.296. The molecule has 11 heteroatoms. The van der Waals surface area contributed by atoms with Crippen molar-refractivity contribution in [1.29, 1.82) is 0 Å². The molecule has 1 fully saturated rings. The van der Waals surface area contributed by atoms with Crippen molar-refractivity contribution in [2.75, 3.05) is 18.5 Å². The molecule has 0 spiro atoms. The molecule has 0 radical (unpaired) electrons. The molecule has 1 amide bonds. The van der Waals surface area contributed by atoms with Crippen LogP contribution in [0.2, 0.25) is 5.15 Å². The Morgan fingerprint density at radius 3 is 2.16 bits per heavy atom. The van der Waals surface area contributed by atoms with Crippen LogP contribution in [0, 0.1) is 17.8 Å². The maximum Gasteiger partial charge on any atom is 0.411 e.